The lowest BCUT2D eigenvalue weighted by Gasteiger charge is -2.59. The highest BCUT2D eigenvalue weighted by molar-refractivity contribution is 5.96. The van der Waals surface area contributed by atoms with Gasteiger partial charge in [0.1, 0.15) is 6.54 Å². The molecule has 1 aromatic rings. The second-order valence-electron chi connectivity index (χ2n) is 9.28. The smallest absolute Gasteiger partial charge is 0.325 e. The highest BCUT2D eigenvalue weighted by Crippen LogP contribution is 2.61. The molecule has 5 rings (SSSR count). The van der Waals surface area contributed by atoms with Crippen molar-refractivity contribution >= 4 is 17.8 Å². The summed E-state index contributed by atoms with van der Waals surface area (Å²) < 4.78 is 5.04. The van der Waals surface area contributed by atoms with Crippen LogP contribution in [0.2, 0.25) is 0 Å². The lowest BCUT2D eigenvalue weighted by atomic mass is 9.48. The molecule has 6 nitrogen and oxygen atoms in total. The van der Waals surface area contributed by atoms with Gasteiger partial charge in [0.15, 0.2) is 6.61 Å². The molecule has 0 aliphatic heterocycles. The van der Waals surface area contributed by atoms with Gasteiger partial charge in [-0.05, 0) is 80.8 Å². The summed E-state index contributed by atoms with van der Waals surface area (Å²) in [5.41, 5.74) is 0.695. The topological polar surface area (TPSA) is 84.5 Å². The average molecular weight is 399 g/mol. The number of carbonyl (C=O) groups is 3. The third-order valence-electron chi connectivity index (χ3n) is 7.18. The van der Waals surface area contributed by atoms with Crippen molar-refractivity contribution < 1.29 is 19.1 Å². The van der Waals surface area contributed by atoms with Gasteiger partial charge in [-0.15, -0.1) is 0 Å². The van der Waals surface area contributed by atoms with Crippen molar-refractivity contribution in [2.75, 3.05) is 13.2 Å². The molecule has 4 saturated carbocycles. The normalized spacial score (nSPS) is 30.4. The summed E-state index contributed by atoms with van der Waals surface area (Å²) >= 11 is 0. The highest BCUT2D eigenvalue weighted by atomic mass is 16.5. The number of ether oxygens (including phenoxy) is 1. The van der Waals surface area contributed by atoms with Crippen LogP contribution in [0.15, 0.2) is 30.3 Å². The Morgan fingerprint density at radius 1 is 1.03 bits per heavy atom. The van der Waals surface area contributed by atoms with E-state index in [-0.39, 0.29) is 36.4 Å². The van der Waals surface area contributed by atoms with E-state index in [1.54, 1.807) is 24.3 Å². The second kappa shape index (κ2) is 8.17. The van der Waals surface area contributed by atoms with E-state index in [1.165, 1.54) is 38.5 Å². The van der Waals surface area contributed by atoms with Crippen molar-refractivity contribution in [3.8, 4) is 0 Å². The second-order valence-corrected chi connectivity index (χ2v) is 9.28. The third-order valence-corrected chi connectivity index (χ3v) is 7.18. The molecule has 2 amide bonds. The molecule has 0 heterocycles. The number of hydrogen-bond donors (Lipinski definition) is 2. The van der Waals surface area contributed by atoms with E-state index < -0.39 is 5.97 Å². The Morgan fingerprint density at radius 3 is 2.21 bits per heavy atom. The molecule has 156 valence electrons. The first kappa shape index (κ1) is 19.9. The van der Waals surface area contributed by atoms with Crippen molar-refractivity contribution in [3.63, 3.8) is 0 Å². The van der Waals surface area contributed by atoms with Crippen LogP contribution in [0.4, 0.5) is 0 Å². The van der Waals surface area contributed by atoms with Crippen LogP contribution in [0, 0.1) is 23.2 Å². The monoisotopic (exact) mass is 398 g/mol. The maximum atomic E-state index is 12.3. The fourth-order valence-electron chi connectivity index (χ4n) is 6.19. The van der Waals surface area contributed by atoms with E-state index in [4.69, 9.17) is 4.74 Å². The Kier molecular flexibility index (Phi) is 5.61. The summed E-state index contributed by atoms with van der Waals surface area (Å²) in [5.74, 6) is 1.25. The van der Waals surface area contributed by atoms with Crippen LogP contribution in [0.25, 0.3) is 0 Å². The molecule has 2 N–H and O–H groups in total. The van der Waals surface area contributed by atoms with Gasteiger partial charge in [0, 0.05) is 11.6 Å². The van der Waals surface area contributed by atoms with Crippen LogP contribution >= 0.6 is 0 Å². The minimum atomic E-state index is -0.619. The lowest BCUT2D eigenvalue weighted by Crippen LogP contribution is -2.56. The van der Waals surface area contributed by atoms with Crippen LogP contribution in [-0.4, -0.2) is 37.0 Å². The van der Waals surface area contributed by atoms with E-state index in [9.17, 15) is 14.4 Å². The molecular formula is C23H30N2O4. The zero-order valence-corrected chi connectivity index (χ0v) is 17.0. The first-order valence-corrected chi connectivity index (χ1v) is 10.7. The van der Waals surface area contributed by atoms with Gasteiger partial charge < -0.3 is 15.4 Å². The van der Waals surface area contributed by atoms with Gasteiger partial charge in [0.25, 0.3) is 11.8 Å². The largest absolute Gasteiger partial charge is 0.454 e. The highest BCUT2D eigenvalue weighted by Gasteiger charge is 2.53. The SMILES string of the molecule is C[C@H](NC(=O)COC(=O)CNC(=O)c1ccccc1)C12CC3CC(CC(C3)C1)C2. The van der Waals surface area contributed by atoms with Crippen molar-refractivity contribution in [3.05, 3.63) is 35.9 Å². The molecule has 1 atom stereocenters. The maximum Gasteiger partial charge on any atom is 0.325 e. The quantitative estimate of drug-likeness (QED) is 0.692. The molecule has 29 heavy (non-hydrogen) atoms. The van der Waals surface area contributed by atoms with Crippen LogP contribution in [0.5, 0.6) is 0 Å². The Bertz CT molecular complexity index is 741. The zero-order valence-electron chi connectivity index (χ0n) is 17.0. The zero-order chi connectivity index (χ0) is 20.4. The van der Waals surface area contributed by atoms with Crippen LogP contribution in [0.3, 0.4) is 0 Å². The van der Waals surface area contributed by atoms with E-state index in [0.29, 0.717) is 5.56 Å². The number of hydrogen-bond acceptors (Lipinski definition) is 4. The first-order chi connectivity index (χ1) is 13.9. The predicted molar refractivity (Wildman–Crippen MR) is 108 cm³/mol. The summed E-state index contributed by atoms with van der Waals surface area (Å²) in [6, 6.07) is 8.75. The summed E-state index contributed by atoms with van der Waals surface area (Å²) in [4.78, 5) is 36.1. The van der Waals surface area contributed by atoms with Gasteiger partial charge in [0.05, 0.1) is 0 Å². The standard InChI is InChI=1S/C23H30N2O4/c1-15(23-10-16-7-17(11-23)9-18(8-16)12-23)25-20(26)14-29-21(27)13-24-22(28)19-5-3-2-4-6-19/h2-6,15-18H,7-14H2,1H3,(H,24,28)(H,25,26)/t15-,16?,17?,18?,23?/m0/s1. The van der Waals surface area contributed by atoms with Crippen LogP contribution in [0.1, 0.15) is 55.8 Å². The molecule has 1 aromatic carbocycles. The molecule has 4 aliphatic rings. The Morgan fingerprint density at radius 2 is 1.62 bits per heavy atom. The van der Waals surface area contributed by atoms with Crippen molar-refractivity contribution in [1.29, 1.82) is 0 Å². The first-order valence-electron chi connectivity index (χ1n) is 10.7. The van der Waals surface area contributed by atoms with E-state index >= 15 is 0 Å². The Hall–Kier alpha value is -2.37. The molecule has 0 aromatic heterocycles. The molecule has 0 spiro atoms. The number of nitrogens with one attached hydrogen (secondary N) is 2. The molecule has 0 unspecified atom stereocenters. The van der Waals surface area contributed by atoms with Crippen molar-refractivity contribution in [2.24, 2.45) is 23.2 Å². The van der Waals surface area contributed by atoms with Crippen LogP contribution in [-0.2, 0) is 14.3 Å². The number of carbonyl (C=O) groups excluding carboxylic acids is 3. The van der Waals surface area contributed by atoms with E-state index in [2.05, 4.69) is 17.6 Å². The van der Waals surface area contributed by atoms with Gasteiger partial charge in [-0.2, -0.15) is 0 Å². The molecule has 6 heteroatoms. The van der Waals surface area contributed by atoms with E-state index in [0.717, 1.165) is 17.8 Å². The molecule has 4 fully saturated rings. The molecule has 4 bridgehead atoms. The molecular weight excluding hydrogens is 368 g/mol. The van der Waals surface area contributed by atoms with Crippen molar-refractivity contribution in [1.82, 2.24) is 10.6 Å². The minimum absolute atomic E-state index is 0.0971. The van der Waals surface area contributed by atoms with E-state index in [1.807, 2.05) is 6.07 Å². The minimum Gasteiger partial charge on any atom is -0.454 e. The van der Waals surface area contributed by atoms with Gasteiger partial charge in [-0.3, -0.25) is 14.4 Å². The number of esters is 1. The molecule has 0 saturated heterocycles. The summed E-state index contributed by atoms with van der Waals surface area (Å²) in [6.07, 6.45) is 7.74. The average Bonchev–Trinajstić information content (AvgIpc) is 2.70. The summed E-state index contributed by atoms with van der Waals surface area (Å²) in [7, 11) is 0. The number of benzene rings is 1. The van der Waals surface area contributed by atoms with Gasteiger partial charge >= 0.3 is 5.97 Å². The maximum absolute atomic E-state index is 12.3. The third kappa shape index (κ3) is 4.46. The van der Waals surface area contributed by atoms with Gasteiger partial charge in [-0.1, -0.05) is 18.2 Å². The number of amides is 2. The summed E-state index contributed by atoms with van der Waals surface area (Å²) in [5, 5.41) is 5.59. The number of rotatable bonds is 7. The Labute approximate surface area is 171 Å². The van der Waals surface area contributed by atoms with Crippen molar-refractivity contribution in [2.45, 2.75) is 51.5 Å². The molecule has 4 aliphatic carbocycles. The predicted octanol–water partition coefficient (Wildman–Crippen LogP) is 2.68. The fourth-order valence-corrected chi connectivity index (χ4v) is 6.19. The van der Waals surface area contributed by atoms with Gasteiger partial charge in [0.2, 0.25) is 0 Å². The van der Waals surface area contributed by atoms with Crippen LogP contribution < -0.4 is 10.6 Å². The Balaban J connectivity index is 1.20. The molecule has 0 radical (unpaired) electrons. The summed E-state index contributed by atoms with van der Waals surface area (Å²) in [6.45, 7) is 1.54. The fraction of sp³-hybridized carbons (Fsp3) is 0.609. The van der Waals surface area contributed by atoms with Gasteiger partial charge in [-0.25, -0.2) is 0 Å². The lowest BCUT2D eigenvalue weighted by molar-refractivity contribution is -0.148.